The second-order valence-electron chi connectivity index (χ2n) is 8.06. The molecular weight excluding hydrogens is 388 g/mol. The molecule has 29 heavy (non-hydrogen) atoms. The molecule has 0 aliphatic carbocycles. The van der Waals surface area contributed by atoms with Crippen molar-refractivity contribution in [1.82, 2.24) is 9.78 Å². The van der Waals surface area contributed by atoms with Crippen LogP contribution in [0.1, 0.15) is 41.9 Å². The summed E-state index contributed by atoms with van der Waals surface area (Å²) in [5, 5.41) is 7.56. The normalized spacial score (nSPS) is 19.2. The number of nitrogens with zero attached hydrogens (tertiary/aromatic N) is 2. The first-order valence-electron chi connectivity index (χ1n) is 10.1. The summed E-state index contributed by atoms with van der Waals surface area (Å²) in [7, 11) is -0.974. The minimum atomic E-state index is -2.96. The Bertz CT molecular complexity index is 980. The molecule has 0 saturated carbocycles. The van der Waals surface area contributed by atoms with Gasteiger partial charge in [-0.05, 0) is 44.4 Å². The molecule has 0 radical (unpaired) electrons. The van der Waals surface area contributed by atoms with Crippen LogP contribution in [0, 0.1) is 13.8 Å². The van der Waals surface area contributed by atoms with Crippen molar-refractivity contribution in [2.75, 3.05) is 30.4 Å². The standard InChI is InChI=1S/C21H30N4O3S/c1-5-17-6-8-18(9-7-17)22-21(26)13-24(4)12-20-15(2)23-25(16(20)3)19-10-11-29(27,28)14-19/h6-9,19H,5,10-14H2,1-4H3,(H,22,26)/p+1/t19-/m1/s1. The van der Waals surface area contributed by atoms with Crippen molar-refractivity contribution in [1.29, 1.82) is 0 Å². The third-order valence-electron chi connectivity index (χ3n) is 5.62. The van der Waals surface area contributed by atoms with E-state index >= 15 is 0 Å². The summed E-state index contributed by atoms with van der Waals surface area (Å²) in [6, 6.07) is 7.83. The predicted octanol–water partition coefficient (Wildman–Crippen LogP) is 1.08. The van der Waals surface area contributed by atoms with Gasteiger partial charge in [0.05, 0.1) is 35.9 Å². The first kappa shape index (κ1) is 21.5. The van der Waals surface area contributed by atoms with Gasteiger partial charge in [-0.1, -0.05) is 19.1 Å². The van der Waals surface area contributed by atoms with Crippen molar-refractivity contribution in [3.8, 4) is 0 Å². The summed E-state index contributed by atoms with van der Waals surface area (Å²) in [5.74, 6) is 0.364. The molecule has 1 amide bonds. The maximum atomic E-state index is 12.4. The number of aromatic nitrogens is 2. The van der Waals surface area contributed by atoms with Gasteiger partial charge in [0.2, 0.25) is 0 Å². The maximum Gasteiger partial charge on any atom is 0.279 e. The zero-order valence-electron chi connectivity index (χ0n) is 17.7. The number of carbonyl (C=O) groups is 1. The van der Waals surface area contributed by atoms with E-state index in [0.717, 1.165) is 34.0 Å². The zero-order chi connectivity index (χ0) is 21.2. The number of anilines is 1. The Kier molecular flexibility index (Phi) is 6.43. The third-order valence-corrected chi connectivity index (χ3v) is 7.37. The van der Waals surface area contributed by atoms with Gasteiger partial charge >= 0.3 is 0 Å². The number of likely N-dealkylation sites (N-methyl/N-ethyl adjacent to an activating group) is 1. The van der Waals surface area contributed by atoms with Crippen LogP contribution in [0.5, 0.6) is 0 Å². The molecule has 7 nitrogen and oxygen atoms in total. The van der Waals surface area contributed by atoms with Crippen LogP contribution in [0.2, 0.25) is 0 Å². The van der Waals surface area contributed by atoms with Gasteiger partial charge in [0.25, 0.3) is 5.91 Å². The number of hydrogen-bond acceptors (Lipinski definition) is 4. The molecule has 158 valence electrons. The van der Waals surface area contributed by atoms with Gasteiger partial charge in [-0.3, -0.25) is 9.48 Å². The number of aryl methyl sites for hydroxylation is 2. The molecule has 1 aromatic carbocycles. The van der Waals surface area contributed by atoms with Gasteiger partial charge in [0.1, 0.15) is 6.54 Å². The molecule has 1 saturated heterocycles. The number of nitrogens with one attached hydrogen (secondary N) is 2. The Morgan fingerprint density at radius 3 is 2.55 bits per heavy atom. The lowest BCUT2D eigenvalue weighted by atomic mass is 10.1. The summed E-state index contributed by atoms with van der Waals surface area (Å²) in [5.41, 5.74) is 5.04. The fourth-order valence-electron chi connectivity index (χ4n) is 3.94. The lowest BCUT2D eigenvalue weighted by molar-refractivity contribution is -0.885. The average Bonchev–Trinajstić information content (AvgIpc) is 3.15. The molecule has 0 bridgehead atoms. The van der Waals surface area contributed by atoms with Crippen molar-refractivity contribution in [2.24, 2.45) is 0 Å². The Balaban J connectivity index is 1.61. The van der Waals surface area contributed by atoms with Gasteiger partial charge in [-0.25, -0.2) is 8.42 Å². The predicted molar refractivity (Wildman–Crippen MR) is 114 cm³/mol. The van der Waals surface area contributed by atoms with E-state index < -0.39 is 9.84 Å². The molecule has 2 heterocycles. The number of benzene rings is 1. The monoisotopic (exact) mass is 419 g/mol. The number of rotatable bonds is 7. The van der Waals surface area contributed by atoms with Crippen molar-refractivity contribution < 1.29 is 18.1 Å². The lowest BCUT2D eigenvalue weighted by Gasteiger charge is -2.15. The van der Waals surface area contributed by atoms with Gasteiger partial charge in [0.15, 0.2) is 16.4 Å². The molecule has 0 spiro atoms. The highest BCUT2D eigenvalue weighted by molar-refractivity contribution is 7.91. The summed E-state index contributed by atoms with van der Waals surface area (Å²) in [6.45, 7) is 7.05. The first-order valence-corrected chi connectivity index (χ1v) is 12.0. The highest BCUT2D eigenvalue weighted by atomic mass is 32.2. The highest BCUT2D eigenvalue weighted by Gasteiger charge is 2.31. The Hall–Kier alpha value is -2.19. The van der Waals surface area contributed by atoms with Crippen molar-refractivity contribution in [2.45, 2.75) is 46.2 Å². The van der Waals surface area contributed by atoms with Crippen LogP contribution in [-0.2, 0) is 27.6 Å². The molecule has 1 unspecified atom stereocenters. The molecule has 2 N–H and O–H groups in total. The SMILES string of the molecule is CCc1ccc(NC(=O)C[NH+](C)Cc2c(C)nn([C@@H]3CCS(=O)(=O)C3)c2C)cc1. The maximum absolute atomic E-state index is 12.4. The van der Waals surface area contributed by atoms with Crippen LogP contribution in [0.15, 0.2) is 24.3 Å². The fraction of sp³-hybridized carbons (Fsp3) is 0.524. The molecule has 1 aliphatic rings. The van der Waals surface area contributed by atoms with E-state index in [2.05, 4.69) is 17.3 Å². The van der Waals surface area contributed by atoms with E-state index in [9.17, 15) is 13.2 Å². The third kappa shape index (κ3) is 5.25. The minimum Gasteiger partial charge on any atom is -0.326 e. The van der Waals surface area contributed by atoms with Gasteiger partial charge < -0.3 is 10.2 Å². The van der Waals surface area contributed by atoms with Crippen molar-refractivity contribution in [3.63, 3.8) is 0 Å². The molecular formula is C21H31N4O3S+. The van der Waals surface area contributed by atoms with Crippen LogP contribution in [0.4, 0.5) is 5.69 Å². The lowest BCUT2D eigenvalue weighted by Crippen LogP contribution is -3.08. The number of hydrogen-bond donors (Lipinski definition) is 2. The number of quaternary nitrogens is 1. The van der Waals surface area contributed by atoms with Crippen LogP contribution in [0.25, 0.3) is 0 Å². The molecule has 2 aromatic rings. The molecule has 1 aromatic heterocycles. The van der Waals surface area contributed by atoms with Gasteiger partial charge in [0, 0.05) is 11.4 Å². The minimum absolute atomic E-state index is 0.0312. The smallest absolute Gasteiger partial charge is 0.279 e. The number of amides is 1. The molecule has 3 rings (SSSR count). The zero-order valence-corrected chi connectivity index (χ0v) is 18.5. The van der Waals surface area contributed by atoms with Gasteiger partial charge in [-0.15, -0.1) is 0 Å². The van der Waals surface area contributed by atoms with Crippen LogP contribution < -0.4 is 10.2 Å². The van der Waals surface area contributed by atoms with E-state index in [0.29, 0.717) is 19.5 Å². The van der Waals surface area contributed by atoms with E-state index in [4.69, 9.17) is 0 Å². The molecule has 2 atom stereocenters. The first-order chi connectivity index (χ1) is 13.7. The van der Waals surface area contributed by atoms with E-state index in [-0.39, 0.29) is 23.5 Å². The molecule has 1 aliphatic heterocycles. The largest absolute Gasteiger partial charge is 0.326 e. The van der Waals surface area contributed by atoms with E-state index in [1.165, 1.54) is 5.56 Å². The second kappa shape index (κ2) is 8.67. The highest BCUT2D eigenvalue weighted by Crippen LogP contribution is 2.26. The summed E-state index contributed by atoms with van der Waals surface area (Å²) >= 11 is 0. The van der Waals surface area contributed by atoms with Crippen molar-refractivity contribution >= 4 is 21.4 Å². The molecule has 1 fully saturated rings. The topological polar surface area (TPSA) is 85.5 Å². The summed E-state index contributed by atoms with van der Waals surface area (Å²) in [4.78, 5) is 13.5. The Morgan fingerprint density at radius 1 is 1.28 bits per heavy atom. The van der Waals surface area contributed by atoms with E-state index in [1.807, 2.05) is 49.8 Å². The van der Waals surface area contributed by atoms with E-state index in [1.54, 1.807) is 0 Å². The Morgan fingerprint density at radius 2 is 1.97 bits per heavy atom. The van der Waals surface area contributed by atoms with Crippen LogP contribution >= 0.6 is 0 Å². The average molecular weight is 420 g/mol. The quantitative estimate of drug-likeness (QED) is 0.703. The fourth-order valence-corrected chi connectivity index (χ4v) is 5.64. The molecule has 8 heteroatoms. The van der Waals surface area contributed by atoms with Gasteiger partial charge in [-0.2, -0.15) is 5.10 Å². The number of carbonyl (C=O) groups excluding carboxylic acids is 1. The van der Waals surface area contributed by atoms with Crippen LogP contribution in [-0.4, -0.2) is 49.2 Å². The Labute approximate surface area is 173 Å². The summed E-state index contributed by atoms with van der Waals surface area (Å²) < 4.78 is 25.5. The van der Waals surface area contributed by atoms with Crippen molar-refractivity contribution in [3.05, 3.63) is 46.8 Å². The summed E-state index contributed by atoms with van der Waals surface area (Å²) in [6.07, 6.45) is 1.59. The number of sulfone groups is 1. The van der Waals surface area contributed by atoms with Crippen LogP contribution in [0.3, 0.4) is 0 Å². The second-order valence-corrected chi connectivity index (χ2v) is 10.3.